The van der Waals surface area contributed by atoms with E-state index in [0.717, 1.165) is 16.9 Å². The molecule has 0 bridgehead atoms. The van der Waals surface area contributed by atoms with Crippen LogP contribution in [0.5, 0.6) is 5.75 Å². The minimum atomic E-state index is 0.177. The SMILES string of the molecule is CC(C)(C)c1ccc(COc2ccc(CC#N)cc2)cc1. The third-order valence-electron chi connectivity index (χ3n) is 3.43. The number of ether oxygens (including phenoxy) is 1. The van der Waals surface area contributed by atoms with Gasteiger partial charge in [0.15, 0.2) is 0 Å². The summed E-state index contributed by atoms with van der Waals surface area (Å²) in [6.45, 7) is 7.19. The van der Waals surface area contributed by atoms with Crippen molar-refractivity contribution < 1.29 is 4.74 Å². The van der Waals surface area contributed by atoms with E-state index in [4.69, 9.17) is 10.00 Å². The van der Waals surface area contributed by atoms with Crippen LogP contribution in [0, 0.1) is 11.3 Å². The van der Waals surface area contributed by atoms with Crippen LogP contribution in [0.3, 0.4) is 0 Å². The zero-order chi connectivity index (χ0) is 15.3. The molecule has 2 aromatic carbocycles. The summed E-state index contributed by atoms with van der Waals surface area (Å²) in [7, 11) is 0. The van der Waals surface area contributed by atoms with E-state index in [1.54, 1.807) is 0 Å². The van der Waals surface area contributed by atoms with Crippen LogP contribution in [0.2, 0.25) is 0 Å². The van der Waals surface area contributed by atoms with Crippen molar-refractivity contribution >= 4 is 0 Å². The van der Waals surface area contributed by atoms with Crippen molar-refractivity contribution in [2.24, 2.45) is 0 Å². The van der Waals surface area contributed by atoms with Gasteiger partial charge in [0.05, 0.1) is 12.5 Å². The van der Waals surface area contributed by atoms with Gasteiger partial charge in [-0.05, 0) is 34.2 Å². The van der Waals surface area contributed by atoms with Crippen molar-refractivity contribution in [3.63, 3.8) is 0 Å². The summed E-state index contributed by atoms with van der Waals surface area (Å²) in [6, 6.07) is 18.4. The van der Waals surface area contributed by atoms with Gasteiger partial charge in [0.25, 0.3) is 0 Å². The molecule has 0 spiro atoms. The second-order valence-corrected chi connectivity index (χ2v) is 6.21. The Morgan fingerprint density at radius 1 is 0.905 bits per heavy atom. The first-order valence-electron chi connectivity index (χ1n) is 7.17. The van der Waals surface area contributed by atoms with Gasteiger partial charge in [-0.15, -0.1) is 0 Å². The van der Waals surface area contributed by atoms with Crippen LogP contribution in [0.1, 0.15) is 37.5 Å². The standard InChI is InChI=1S/C19H21NO/c1-19(2,3)17-8-4-16(5-9-17)14-21-18-10-6-15(7-11-18)12-13-20/h4-11H,12,14H2,1-3H3. The van der Waals surface area contributed by atoms with Crippen LogP contribution < -0.4 is 4.74 Å². The molecule has 2 rings (SSSR count). The minimum Gasteiger partial charge on any atom is -0.489 e. The average molecular weight is 279 g/mol. The second-order valence-electron chi connectivity index (χ2n) is 6.21. The molecule has 0 heterocycles. The zero-order valence-corrected chi connectivity index (χ0v) is 12.9. The molecule has 0 aliphatic rings. The van der Waals surface area contributed by atoms with Crippen LogP contribution in [0.15, 0.2) is 48.5 Å². The summed E-state index contributed by atoms with van der Waals surface area (Å²) in [5.41, 5.74) is 3.67. The van der Waals surface area contributed by atoms with Crippen LogP contribution in [0.4, 0.5) is 0 Å². The van der Waals surface area contributed by atoms with E-state index in [9.17, 15) is 0 Å². The van der Waals surface area contributed by atoms with Gasteiger partial charge in [0, 0.05) is 0 Å². The van der Waals surface area contributed by atoms with Gasteiger partial charge >= 0.3 is 0 Å². The second kappa shape index (κ2) is 6.45. The zero-order valence-electron chi connectivity index (χ0n) is 12.9. The fourth-order valence-corrected chi connectivity index (χ4v) is 2.06. The van der Waals surface area contributed by atoms with Crippen molar-refractivity contribution in [1.82, 2.24) is 0 Å². The normalized spacial score (nSPS) is 11.0. The lowest BCUT2D eigenvalue weighted by molar-refractivity contribution is 0.306. The number of nitriles is 1. The third-order valence-corrected chi connectivity index (χ3v) is 3.43. The fourth-order valence-electron chi connectivity index (χ4n) is 2.06. The molecule has 0 radical (unpaired) electrons. The first-order chi connectivity index (χ1) is 9.99. The average Bonchev–Trinajstić information content (AvgIpc) is 2.46. The van der Waals surface area contributed by atoms with E-state index in [1.165, 1.54) is 5.56 Å². The lowest BCUT2D eigenvalue weighted by Gasteiger charge is -2.19. The highest BCUT2D eigenvalue weighted by atomic mass is 16.5. The molecule has 0 saturated heterocycles. The van der Waals surface area contributed by atoms with Gasteiger partial charge < -0.3 is 4.74 Å². The van der Waals surface area contributed by atoms with Crippen molar-refractivity contribution in [2.45, 2.75) is 39.2 Å². The summed E-state index contributed by atoms with van der Waals surface area (Å²) in [5.74, 6) is 0.830. The van der Waals surface area contributed by atoms with E-state index in [0.29, 0.717) is 13.0 Å². The molecule has 21 heavy (non-hydrogen) atoms. The molecule has 2 heteroatoms. The van der Waals surface area contributed by atoms with E-state index in [2.05, 4.69) is 51.1 Å². The van der Waals surface area contributed by atoms with E-state index in [-0.39, 0.29) is 5.41 Å². The minimum absolute atomic E-state index is 0.177. The summed E-state index contributed by atoms with van der Waals surface area (Å²) >= 11 is 0. The molecular weight excluding hydrogens is 258 g/mol. The molecule has 0 amide bonds. The summed E-state index contributed by atoms with van der Waals surface area (Å²) in [4.78, 5) is 0. The highest BCUT2D eigenvalue weighted by Gasteiger charge is 2.12. The Hall–Kier alpha value is -2.27. The van der Waals surface area contributed by atoms with E-state index in [1.807, 2.05) is 24.3 Å². The lowest BCUT2D eigenvalue weighted by atomic mass is 9.87. The largest absolute Gasteiger partial charge is 0.489 e. The van der Waals surface area contributed by atoms with E-state index >= 15 is 0 Å². The maximum atomic E-state index is 8.64. The predicted molar refractivity (Wildman–Crippen MR) is 85.2 cm³/mol. The monoisotopic (exact) mass is 279 g/mol. The van der Waals surface area contributed by atoms with Crippen LogP contribution in [0.25, 0.3) is 0 Å². The number of rotatable bonds is 4. The topological polar surface area (TPSA) is 33.0 Å². The van der Waals surface area contributed by atoms with Gasteiger partial charge in [-0.1, -0.05) is 57.2 Å². The molecule has 0 atom stereocenters. The Morgan fingerprint density at radius 3 is 2.00 bits per heavy atom. The van der Waals surface area contributed by atoms with Crippen LogP contribution >= 0.6 is 0 Å². The van der Waals surface area contributed by atoms with Crippen LogP contribution in [-0.2, 0) is 18.4 Å². The summed E-state index contributed by atoms with van der Waals surface area (Å²) in [5, 5.41) is 8.64. The number of benzene rings is 2. The smallest absolute Gasteiger partial charge is 0.119 e. The first-order valence-corrected chi connectivity index (χ1v) is 7.17. The fraction of sp³-hybridized carbons (Fsp3) is 0.316. The van der Waals surface area contributed by atoms with Gasteiger partial charge in [0.1, 0.15) is 12.4 Å². The first kappa shape index (κ1) is 15.1. The van der Waals surface area contributed by atoms with Gasteiger partial charge in [0.2, 0.25) is 0 Å². The highest BCUT2D eigenvalue weighted by molar-refractivity contribution is 5.30. The molecule has 2 nitrogen and oxygen atoms in total. The number of nitrogens with zero attached hydrogens (tertiary/aromatic N) is 1. The molecule has 0 aromatic heterocycles. The molecular formula is C19H21NO. The Labute approximate surface area is 127 Å². The van der Waals surface area contributed by atoms with Gasteiger partial charge in [-0.3, -0.25) is 0 Å². The molecule has 0 aliphatic carbocycles. The van der Waals surface area contributed by atoms with Crippen molar-refractivity contribution in [3.8, 4) is 11.8 Å². The molecule has 0 fully saturated rings. The van der Waals surface area contributed by atoms with E-state index < -0.39 is 0 Å². The maximum Gasteiger partial charge on any atom is 0.119 e. The molecule has 0 saturated carbocycles. The van der Waals surface area contributed by atoms with Gasteiger partial charge in [-0.25, -0.2) is 0 Å². The maximum absolute atomic E-state index is 8.64. The lowest BCUT2D eigenvalue weighted by Crippen LogP contribution is -2.10. The molecule has 0 aliphatic heterocycles. The van der Waals surface area contributed by atoms with Gasteiger partial charge in [-0.2, -0.15) is 5.26 Å². The predicted octanol–water partition coefficient (Wildman–Crippen LogP) is 4.63. The van der Waals surface area contributed by atoms with Crippen molar-refractivity contribution in [3.05, 3.63) is 65.2 Å². The highest BCUT2D eigenvalue weighted by Crippen LogP contribution is 2.22. The Morgan fingerprint density at radius 2 is 1.48 bits per heavy atom. The number of hydrogen-bond acceptors (Lipinski definition) is 2. The third kappa shape index (κ3) is 4.36. The van der Waals surface area contributed by atoms with Crippen LogP contribution in [-0.4, -0.2) is 0 Å². The molecule has 0 unspecified atom stereocenters. The van der Waals surface area contributed by atoms with Crippen molar-refractivity contribution in [2.75, 3.05) is 0 Å². The Balaban J connectivity index is 1.95. The molecule has 0 N–H and O–H groups in total. The number of hydrogen-bond donors (Lipinski definition) is 0. The Kier molecular flexibility index (Phi) is 4.65. The summed E-state index contributed by atoms with van der Waals surface area (Å²) in [6.07, 6.45) is 0.439. The Bertz CT molecular complexity index is 613. The van der Waals surface area contributed by atoms with Crippen molar-refractivity contribution in [1.29, 1.82) is 5.26 Å². The molecule has 2 aromatic rings. The quantitative estimate of drug-likeness (QED) is 0.817. The molecule has 108 valence electrons. The summed E-state index contributed by atoms with van der Waals surface area (Å²) < 4.78 is 5.77.